The van der Waals surface area contributed by atoms with Gasteiger partial charge in [-0.3, -0.25) is 4.90 Å². The monoisotopic (exact) mass is 312 g/mol. The molecule has 0 aliphatic carbocycles. The largest absolute Gasteiger partial charge is 0.488 e. The molecule has 1 aliphatic rings. The van der Waals surface area contributed by atoms with Crippen molar-refractivity contribution in [3.63, 3.8) is 0 Å². The Bertz CT molecular complexity index is 451. The molecule has 0 bridgehead atoms. The molecule has 0 radical (unpaired) electrons. The molecular formula is C17H26F2N2O. The van der Waals surface area contributed by atoms with Crippen molar-refractivity contribution in [2.45, 2.75) is 45.3 Å². The highest BCUT2D eigenvalue weighted by molar-refractivity contribution is 5.30. The van der Waals surface area contributed by atoms with Gasteiger partial charge in [-0.15, -0.1) is 0 Å². The van der Waals surface area contributed by atoms with E-state index >= 15 is 0 Å². The quantitative estimate of drug-likeness (QED) is 0.901. The number of piperazine rings is 1. The Morgan fingerprint density at radius 2 is 1.73 bits per heavy atom. The third-order valence-electron chi connectivity index (χ3n) is 3.68. The molecule has 1 atom stereocenters. The number of alkyl halides is 2. The van der Waals surface area contributed by atoms with Gasteiger partial charge in [0.1, 0.15) is 11.4 Å². The van der Waals surface area contributed by atoms with E-state index in [0.29, 0.717) is 0 Å². The van der Waals surface area contributed by atoms with Gasteiger partial charge in [-0.1, -0.05) is 12.1 Å². The van der Waals surface area contributed by atoms with Gasteiger partial charge in [0.05, 0.1) is 0 Å². The minimum Gasteiger partial charge on any atom is -0.488 e. The summed E-state index contributed by atoms with van der Waals surface area (Å²) in [5.41, 5.74) is 0.672. The van der Waals surface area contributed by atoms with Crippen LogP contribution in [0.3, 0.4) is 0 Å². The van der Waals surface area contributed by atoms with Gasteiger partial charge < -0.3 is 10.1 Å². The van der Waals surface area contributed by atoms with E-state index in [1.54, 1.807) is 0 Å². The molecule has 0 spiro atoms. The van der Waals surface area contributed by atoms with Crippen LogP contribution < -0.4 is 10.1 Å². The Kier molecular flexibility index (Phi) is 5.75. The van der Waals surface area contributed by atoms with E-state index in [9.17, 15) is 8.78 Å². The normalized spacial score (nSPS) is 18.5. The standard InChI is InChI=1S/C17H26F2N2O/c1-17(2,3)22-14-6-4-13(5-7-14)15(12-16(18)19)21-10-8-20-9-11-21/h4-7,15-16,20H,8-12H2,1-3H3/t15-/m0/s1. The summed E-state index contributed by atoms with van der Waals surface area (Å²) in [7, 11) is 0. The van der Waals surface area contributed by atoms with Crippen LogP contribution in [0.15, 0.2) is 24.3 Å². The van der Waals surface area contributed by atoms with Crippen LogP contribution in [0, 0.1) is 0 Å². The van der Waals surface area contributed by atoms with Crippen molar-refractivity contribution in [1.82, 2.24) is 10.2 Å². The van der Waals surface area contributed by atoms with Gasteiger partial charge in [0.15, 0.2) is 0 Å². The maximum absolute atomic E-state index is 13.0. The van der Waals surface area contributed by atoms with Crippen molar-refractivity contribution >= 4 is 0 Å². The first-order valence-corrected chi connectivity index (χ1v) is 7.87. The molecule has 3 nitrogen and oxygen atoms in total. The van der Waals surface area contributed by atoms with E-state index in [4.69, 9.17) is 4.74 Å². The van der Waals surface area contributed by atoms with Crippen molar-refractivity contribution < 1.29 is 13.5 Å². The number of hydrogen-bond donors (Lipinski definition) is 1. The molecular weight excluding hydrogens is 286 g/mol. The molecule has 1 aliphatic heterocycles. The molecule has 1 fully saturated rings. The molecule has 2 rings (SSSR count). The highest BCUT2D eigenvalue weighted by Crippen LogP contribution is 2.29. The predicted octanol–water partition coefficient (Wildman–Crippen LogP) is 3.47. The summed E-state index contributed by atoms with van der Waals surface area (Å²) < 4.78 is 31.7. The van der Waals surface area contributed by atoms with Crippen LogP contribution in [0.1, 0.15) is 38.8 Å². The average Bonchev–Trinajstić information content (AvgIpc) is 2.45. The van der Waals surface area contributed by atoms with Gasteiger partial charge in [0.2, 0.25) is 6.43 Å². The SMILES string of the molecule is CC(C)(C)Oc1ccc([C@H](CC(F)F)N2CCNCC2)cc1. The summed E-state index contributed by atoms with van der Waals surface area (Å²) >= 11 is 0. The van der Waals surface area contributed by atoms with Crippen LogP contribution in [0.5, 0.6) is 5.75 Å². The highest BCUT2D eigenvalue weighted by Gasteiger charge is 2.25. The first kappa shape index (κ1) is 17.2. The molecule has 0 unspecified atom stereocenters. The fourth-order valence-corrected chi connectivity index (χ4v) is 2.77. The number of hydrogen-bond acceptors (Lipinski definition) is 3. The van der Waals surface area contributed by atoms with Gasteiger partial charge >= 0.3 is 0 Å². The van der Waals surface area contributed by atoms with Gasteiger partial charge in [0.25, 0.3) is 0 Å². The fraction of sp³-hybridized carbons (Fsp3) is 0.647. The highest BCUT2D eigenvalue weighted by atomic mass is 19.3. The van der Waals surface area contributed by atoms with Crippen molar-refractivity contribution in [3.8, 4) is 5.75 Å². The van der Waals surface area contributed by atoms with Crippen LogP contribution in [-0.4, -0.2) is 43.1 Å². The Morgan fingerprint density at radius 3 is 2.23 bits per heavy atom. The Hall–Kier alpha value is -1.20. The second-order valence-corrected chi connectivity index (χ2v) is 6.71. The van der Waals surface area contributed by atoms with E-state index in [0.717, 1.165) is 37.5 Å². The first-order valence-electron chi connectivity index (χ1n) is 7.87. The molecule has 0 aromatic heterocycles. The minimum atomic E-state index is -2.30. The second-order valence-electron chi connectivity index (χ2n) is 6.71. The van der Waals surface area contributed by atoms with Crippen molar-refractivity contribution in [2.75, 3.05) is 26.2 Å². The third kappa shape index (κ3) is 5.21. The number of rotatable bonds is 5. The number of halogens is 2. The van der Waals surface area contributed by atoms with Crippen molar-refractivity contribution in [1.29, 1.82) is 0 Å². The zero-order valence-corrected chi connectivity index (χ0v) is 13.6. The number of nitrogens with zero attached hydrogens (tertiary/aromatic N) is 1. The number of nitrogens with one attached hydrogen (secondary N) is 1. The van der Waals surface area contributed by atoms with Gasteiger partial charge in [-0.25, -0.2) is 8.78 Å². The summed E-state index contributed by atoms with van der Waals surface area (Å²) in [4.78, 5) is 2.14. The van der Waals surface area contributed by atoms with Crippen LogP contribution in [0.4, 0.5) is 8.78 Å². The van der Waals surface area contributed by atoms with E-state index < -0.39 is 6.43 Å². The molecule has 22 heavy (non-hydrogen) atoms. The molecule has 0 saturated carbocycles. The van der Waals surface area contributed by atoms with Crippen LogP contribution in [0.2, 0.25) is 0 Å². The van der Waals surface area contributed by atoms with Gasteiger partial charge in [-0.2, -0.15) is 0 Å². The molecule has 1 aromatic carbocycles. The Balaban J connectivity index is 2.12. The van der Waals surface area contributed by atoms with E-state index in [1.807, 2.05) is 45.0 Å². The van der Waals surface area contributed by atoms with Gasteiger partial charge in [-0.05, 0) is 38.5 Å². The lowest BCUT2D eigenvalue weighted by Gasteiger charge is -2.35. The maximum atomic E-state index is 13.0. The second kappa shape index (κ2) is 7.38. The summed E-state index contributed by atoms with van der Waals surface area (Å²) in [6, 6.07) is 7.35. The van der Waals surface area contributed by atoms with Crippen LogP contribution >= 0.6 is 0 Å². The van der Waals surface area contributed by atoms with E-state index in [2.05, 4.69) is 10.2 Å². The lowest BCUT2D eigenvalue weighted by molar-refractivity contribution is 0.0738. The fourth-order valence-electron chi connectivity index (χ4n) is 2.77. The minimum absolute atomic E-state index is 0.126. The average molecular weight is 312 g/mol. The van der Waals surface area contributed by atoms with Crippen LogP contribution in [-0.2, 0) is 0 Å². The van der Waals surface area contributed by atoms with Crippen LogP contribution in [0.25, 0.3) is 0 Å². The number of benzene rings is 1. The zero-order valence-electron chi connectivity index (χ0n) is 13.6. The molecule has 124 valence electrons. The lowest BCUT2D eigenvalue weighted by atomic mass is 10.0. The molecule has 1 saturated heterocycles. The van der Waals surface area contributed by atoms with Crippen molar-refractivity contribution in [3.05, 3.63) is 29.8 Å². The lowest BCUT2D eigenvalue weighted by Crippen LogP contribution is -2.45. The Morgan fingerprint density at radius 1 is 1.14 bits per heavy atom. The summed E-state index contributed by atoms with van der Waals surface area (Å²) in [5.74, 6) is 0.771. The number of ether oxygens (including phenoxy) is 1. The molecule has 0 amide bonds. The zero-order chi connectivity index (χ0) is 16.2. The van der Waals surface area contributed by atoms with Gasteiger partial charge in [0, 0.05) is 38.6 Å². The van der Waals surface area contributed by atoms with E-state index in [1.165, 1.54) is 0 Å². The molecule has 1 aromatic rings. The molecule has 5 heteroatoms. The summed E-state index contributed by atoms with van der Waals surface area (Å²) in [6.07, 6.45) is -2.43. The molecule has 1 heterocycles. The molecule has 1 N–H and O–H groups in total. The van der Waals surface area contributed by atoms with E-state index in [-0.39, 0.29) is 18.1 Å². The summed E-state index contributed by atoms with van der Waals surface area (Å²) in [6.45, 7) is 9.27. The summed E-state index contributed by atoms with van der Waals surface area (Å²) in [5, 5.41) is 3.26. The first-order chi connectivity index (χ1) is 10.3. The predicted molar refractivity (Wildman–Crippen MR) is 84.6 cm³/mol. The smallest absolute Gasteiger partial charge is 0.240 e. The topological polar surface area (TPSA) is 24.5 Å². The third-order valence-corrected chi connectivity index (χ3v) is 3.68. The Labute approximate surface area is 131 Å². The van der Waals surface area contributed by atoms with Crippen molar-refractivity contribution in [2.24, 2.45) is 0 Å². The maximum Gasteiger partial charge on any atom is 0.240 e.